The second-order valence-electron chi connectivity index (χ2n) is 4.60. The predicted octanol–water partition coefficient (Wildman–Crippen LogP) is 2.74. The molecule has 0 aliphatic heterocycles. The van der Waals surface area contributed by atoms with Gasteiger partial charge in [0.05, 0.1) is 17.1 Å². The summed E-state index contributed by atoms with van der Waals surface area (Å²) in [6.45, 7) is 4.34. The summed E-state index contributed by atoms with van der Waals surface area (Å²) in [6.07, 6.45) is -1.30. The van der Waals surface area contributed by atoms with Crippen LogP contribution in [0.2, 0.25) is 0 Å². The molecule has 0 saturated carbocycles. The van der Waals surface area contributed by atoms with Crippen LogP contribution in [0.4, 0.5) is 5.69 Å². The van der Waals surface area contributed by atoms with Crippen molar-refractivity contribution in [3.8, 4) is 5.75 Å². The summed E-state index contributed by atoms with van der Waals surface area (Å²) >= 11 is 3.13. The van der Waals surface area contributed by atoms with Gasteiger partial charge in [-0.1, -0.05) is 15.9 Å². The molecule has 0 amide bonds. The molecule has 0 heterocycles. The lowest BCUT2D eigenvalue weighted by molar-refractivity contribution is -0.386. The van der Waals surface area contributed by atoms with Crippen molar-refractivity contribution in [2.75, 3.05) is 6.61 Å². The van der Waals surface area contributed by atoms with Crippen LogP contribution in [0.5, 0.6) is 5.75 Å². The first kappa shape index (κ1) is 17.4. The molecule has 0 unspecified atom stereocenters. The van der Waals surface area contributed by atoms with Crippen molar-refractivity contribution in [2.45, 2.75) is 33.0 Å². The van der Waals surface area contributed by atoms with Crippen molar-refractivity contribution in [1.82, 2.24) is 0 Å². The van der Waals surface area contributed by atoms with Crippen LogP contribution >= 0.6 is 15.9 Å². The summed E-state index contributed by atoms with van der Waals surface area (Å²) in [7, 11) is 0. The van der Waals surface area contributed by atoms with E-state index in [9.17, 15) is 20.0 Å². The van der Waals surface area contributed by atoms with E-state index in [0.29, 0.717) is 4.47 Å². The second-order valence-corrected chi connectivity index (χ2v) is 5.52. The third-order valence-corrected chi connectivity index (χ3v) is 2.87. The highest BCUT2D eigenvalue weighted by Gasteiger charge is 2.24. The molecule has 116 valence electrons. The van der Waals surface area contributed by atoms with Crippen LogP contribution in [0, 0.1) is 10.1 Å². The van der Waals surface area contributed by atoms with E-state index >= 15 is 0 Å². The summed E-state index contributed by atoms with van der Waals surface area (Å²) in [5, 5.41) is 20.8. The topological polar surface area (TPSA) is 98.9 Å². The SMILES string of the molecule is CC(C)OC(=O)COc1c([C@@H](C)O)cc(Br)cc1[N+](=O)[O-]. The van der Waals surface area contributed by atoms with Gasteiger partial charge in [-0.15, -0.1) is 0 Å². The molecule has 1 aromatic rings. The number of ether oxygens (including phenoxy) is 2. The molecule has 1 atom stereocenters. The molecular weight excluding hydrogens is 346 g/mol. The standard InChI is InChI=1S/C13H16BrNO6/c1-7(2)21-12(17)6-20-13-10(8(3)16)4-9(14)5-11(13)15(18)19/h4-5,7-8,16H,6H2,1-3H3/t8-/m1/s1. The fourth-order valence-electron chi connectivity index (χ4n) is 1.63. The number of carbonyl (C=O) groups excluding carboxylic acids is 1. The Morgan fingerprint density at radius 3 is 2.52 bits per heavy atom. The summed E-state index contributed by atoms with van der Waals surface area (Å²) in [6, 6.07) is 2.75. The molecule has 0 bridgehead atoms. The highest BCUT2D eigenvalue weighted by molar-refractivity contribution is 9.10. The largest absolute Gasteiger partial charge is 0.475 e. The molecule has 0 aliphatic rings. The number of aliphatic hydroxyl groups is 1. The number of benzene rings is 1. The number of nitro groups is 1. The van der Waals surface area contributed by atoms with Gasteiger partial charge in [0.15, 0.2) is 6.61 Å². The molecule has 7 nitrogen and oxygen atoms in total. The molecule has 0 fully saturated rings. The van der Waals surface area contributed by atoms with Crippen LogP contribution in [-0.2, 0) is 9.53 Å². The van der Waals surface area contributed by atoms with Crippen LogP contribution in [-0.4, -0.2) is 28.7 Å². The van der Waals surface area contributed by atoms with Crippen LogP contribution in [0.15, 0.2) is 16.6 Å². The third-order valence-electron chi connectivity index (χ3n) is 2.41. The molecule has 0 spiro atoms. The number of halogens is 1. The molecule has 0 saturated heterocycles. The van der Waals surface area contributed by atoms with Crippen LogP contribution in [0.3, 0.4) is 0 Å². The van der Waals surface area contributed by atoms with Gasteiger partial charge in [-0.2, -0.15) is 0 Å². The van der Waals surface area contributed by atoms with Crippen molar-refractivity contribution < 1.29 is 24.3 Å². The fraction of sp³-hybridized carbons (Fsp3) is 0.462. The molecule has 0 radical (unpaired) electrons. The molecule has 1 rings (SSSR count). The summed E-state index contributed by atoms with van der Waals surface area (Å²) in [5.74, 6) is -0.780. The number of hydrogen-bond donors (Lipinski definition) is 1. The van der Waals surface area contributed by atoms with Crippen LogP contribution in [0.1, 0.15) is 32.4 Å². The van der Waals surface area contributed by atoms with E-state index in [2.05, 4.69) is 15.9 Å². The summed E-state index contributed by atoms with van der Waals surface area (Å²) < 4.78 is 10.5. The number of aliphatic hydroxyl groups excluding tert-OH is 1. The Kier molecular flexibility index (Phi) is 6.10. The number of carbonyl (C=O) groups is 1. The zero-order valence-corrected chi connectivity index (χ0v) is 13.4. The number of esters is 1. The van der Waals surface area contributed by atoms with Gasteiger partial charge in [0.2, 0.25) is 5.75 Å². The molecule has 0 aliphatic carbocycles. The zero-order valence-electron chi connectivity index (χ0n) is 11.8. The van der Waals surface area contributed by atoms with Gasteiger partial charge in [-0.25, -0.2) is 4.79 Å². The highest BCUT2D eigenvalue weighted by Crippen LogP contribution is 2.37. The van der Waals surface area contributed by atoms with Crippen molar-refractivity contribution in [3.05, 3.63) is 32.3 Å². The maximum absolute atomic E-state index is 11.5. The van der Waals surface area contributed by atoms with E-state index in [1.165, 1.54) is 19.1 Å². The Morgan fingerprint density at radius 2 is 2.05 bits per heavy atom. The zero-order chi connectivity index (χ0) is 16.2. The van der Waals surface area contributed by atoms with Gasteiger partial charge >= 0.3 is 11.7 Å². The van der Waals surface area contributed by atoms with Crippen molar-refractivity contribution >= 4 is 27.6 Å². The van der Waals surface area contributed by atoms with Crippen molar-refractivity contribution in [2.24, 2.45) is 0 Å². The Bertz CT molecular complexity index is 544. The van der Waals surface area contributed by atoms with E-state index in [0.717, 1.165) is 0 Å². The third kappa shape index (κ3) is 4.98. The van der Waals surface area contributed by atoms with E-state index in [-0.39, 0.29) is 23.1 Å². The quantitative estimate of drug-likeness (QED) is 0.475. The lowest BCUT2D eigenvalue weighted by Crippen LogP contribution is -2.19. The minimum atomic E-state index is -0.989. The molecule has 1 aromatic carbocycles. The molecule has 1 N–H and O–H groups in total. The average molecular weight is 362 g/mol. The number of nitro benzene ring substituents is 1. The smallest absolute Gasteiger partial charge is 0.344 e. The van der Waals surface area contributed by atoms with E-state index in [1.807, 2.05) is 0 Å². The lowest BCUT2D eigenvalue weighted by atomic mass is 10.1. The van der Waals surface area contributed by atoms with Crippen LogP contribution < -0.4 is 4.74 Å². The van der Waals surface area contributed by atoms with Crippen molar-refractivity contribution in [1.29, 1.82) is 0 Å². The summed E-state index contributed by atoms with van der Waals surface area (Å²) in [5.41, 5.74) is -0.119. The Balaban J connectivity index is 3.08. The number of nitrogens with zero attached hydrogens (tertiary/aromatic N) is 1. The normalized spacial score (nSPS) is 12.1. The van der Waals surface area contributed by atoms with Gasteiger partial charge in [0, 0.05) is 16.1 Å². The second kappa shape index (κ2) is 7.37. The Labute approximate surface area is 130 Å². The molecule has 8 heteroatoms. The molecular formula is C13H16BrNO6. The fourth-order valence-corrected chi connectivity index (χ4v) is 2.09. The van der Waals surface area contributed by atoms with Gasteiger partial charge < -0.3 is 14.6 Å². The number of hydrogen-bond acceptors (Lipinski definition) is 6. The van der Waals surface area contributed by atoms with E-state index in [1.54, 1.807) is 13.8 Å². The summed E-state index contributed by atoms with van der Waals surface area (Å²) in [4.78, 5) is 21.9. The molecule has 21 heavy (non-hydrogen) atoms. The minimum Gasteiger partial charge on any atom is -0.475 e. The Hall–Kier alpha value is -1.67. The minimum absolute atomic E-state index is 0.140. The van der Waals surface area contributed by atoms with Gasteiger partial charge in [-0.05, 0) is 26.8 Å². The van der Waals surface area contributed by atoms with Crippen LogP contribution in [0.25, 0.3) is 0 Å². The van der Waals surface area contributed by atoms with Crippen molar-refractivity contribution in [3.63, 3.8) is 0 Å². The highest BCUT2D eigenvalue weighted by atomic mass is 79.9. The molecule has 0 aromatic heterocycles. The van der Waals surface area contributed by atoms with E-state index in [4.69, 9.17) is 9.47 Å². The van der Waals surface area contributed by atoms with E-state index < -0.39 is 23.6 Å². The predicted molar refractivity (Wildman–Crippen MR) is 78.2 cm³/mol. The maximum Gasteiger partial charge on any atom is 0.344 e. The number of rotatable bonds is 6. The first-order valence-corrected chi connectivity index (χ1v) is 6.99. The Morgan fingerprint density at radius 1 is 1.43 bits per heavy atom. The first-order chi connectivity index (χ1) is 9.72. The van der Waals surface area contributed by atoms with Gasteiger partial charge in [0.1, 0.15) is 0 Å². The lowest BCUT2D eigenvalue weighted by Gasteiger charge is -2.14. The van der Waals surface area contributed by atoms with Gasteiger partial charge in [0.25, 0.3) is 0 Å². The average Bonchev–Trinajstić information content (AvgIpc) is 2.35. The van der Waals surface area contributed by atoms with Gasteiger partial charge in [-0.3, -0.25) is 10.1 Å². The first-order valence-electron chi connectivity index (χ1n) is 6.20. The monoisotopic (exact) mass is 361 g/mol. The maximum atomic E-state index is 11.5.